The van der Waals surface area contributed by atoms with E-state index in [1.54, 1.807) is 0 Å². The molecule has 13 heavy (non-hydrogen) atoms. The van der Waals surface area contributed by atoms with Gasteiger partial charge in [-0.3, -0.25) is 4.68 Å². The van der Waals surface area contributed by atoms with E-state index < -0.39 is 0 Å². The van der Waals surface area contributed by atoms with Crippen molar-refractivity contribution in [1.82, 2.24) is 9.78 Å². The zero-order chi connectivity index (χ0) is 9.26. The first-order valence-electron chi connectivity index (χ1n) is 4.89. The molecule has 0 bridgehead atoms. The van der Waals surface area contributed by atoms with E-state index in [9.17, 15) is 0 Å². The smallest absolute Gasteiger partial charge is 0.0617 e. The first kappa shape index (κ1) is 9.13. The third-order valence-corrected chi connectivity index (χ3v) is 3.71. The largest absolute Gasteiger partial charge is 0.269 e. The van der Waals surface area contributed by atoms with E-state index in [0.717, 1.165) is 0 Å². The fourth-order valence-electron chi connectivity index (χ4n) is 1.58. The van der Waals surface area contributed by atoms with Crippen LogP contribution in [0.3, 0.4) is 0 Å². The normalized spacial score (nSPS) is 22.8. The summed E-state index contributed by atoms with van der Waals surface area (Å²) in [5.41, 5.74) is 1.36. The second-order valence-corrected chi connectivity index (χ2v) is 5.08. The monoisotopic (exact) mass is 196 g/mol. The predicted molar refractivity (Wildman–Crippen MR) is 57.3 cm³/mol. The number of thioether (sulfide) groups is 1. The Kier molecular flexibility index (Phi) is 2.63. The fraction of sp³-hybridized carbons (Fsp3) is 0.700. The van der Waals surface area contributed by atoms with Crippen molar-refractivity contribution in [2.24, 2.45) is 0 Å². The van der Waals surface area contributed by atoms with E-state index in [2.05, 4.69) is 29.8 Å². The van der Waals surface area contributed by atoms with Crippen LogP contribution in [0.1, 0.15) is 37.8 Å². The SMILES string of the molecule is CC(C)c1cnn(C2CCSC2)c1. The van der Waals surface area contributed by atoms with Crippen LogP contribution in [-0.4, -0.2) is 21.3 Å². The number of hydrogen-bond donors (Lipinski definition) is 0. The molecule has 2 rings (SSSR count). The average Bonchev–Trinajstić information content (AvgIpc) is 2.75. The van der Waals surface area contributed by atoms with Gasteiger partial charge in [-0.05, 0) is 23.7 Å². The zero-order valence-electron chi connectivity index (χ0n) is 8.23. The van der Waals surface area contributed by atoms with Crippen LogP contribution in [-0.2, 0) is 0 Å². The standard InChI is InChI=1S/C10H16N2S/c1-8(2)9-5-11-12(6-9)10-3-4-13-7-10/h5-6,8,10H,3-4,7H2,1-2H3. The molecule has 0 saturated carbocycles. The molecule has 0 amide bonds. The molecule has 0 aliphatic carbocycles. The molecule has 0 N–H and O–H groups in total. The van der Waals surface area contributed by atoms with E-state index in [1.807, 2.05) is 18.0 Å². The molecule has 1 atom stereocenters. The molecule has 1 aliphatic rings. The lowest BCUT2D eigenvalue weighted by atomic mass is 10.1. The van der Waals surface area contributed by atoms with Crippen LogP contribution in [0.4, 0.5) is 0 Å². The molecule has 1 aliphatic heterocycles. The minimum Gasteiger partial charge on any atom is -0.269 e. The molecule has 1 aromatic rings. The molecule has 0 aromatic carbocycles. The van der Waals surface area contributed by atoms with Crippen LogP contribution >= 0.6 is 11.8 Å². The third-order valence-electron chi connectivity index (χ3n) is 2.57. The van der Waals surface area contributed by atoms with Crippen LogP contribution in [0.5, 0.6) is 0 Å². The third kappa shape index (κ3) is 1.90. The summed E-state index contributed by atoms with van der Waals surface area (Å²) in [7, 11) is 0. The summed E-state index contributed by atoms with van der Waals surface area (Å²) >= 11 is 2.03. The van der Waals surface area contributed by atoms with Crippen molar-refractivity contribution in [2.45, 2.75) is 32.2 Å². The van der Waals surface area contributed by atoms with Crippen LogP contribution in [0.2, 0.25) is 0 Å². The molecule has 0 spiro atoms. The Morgan fingerprint density at radius 1 is 1.62 bits per heavy atom. The highest BCUT2D eigenvalue weighted by Gasteiger charge is 2.18. The van der Waals surface area contributed by atoms with Crippen molar-refractivity contribution in [1.29, 1.82) is 0 Å². The molecule has 2 heterocycles. The van der Waals surface area contributed by atoms with Gasteiger partial charge in [-0.2, -0.15) is 16.9 Å². The molecule has 2 nitrogen and oxygen atoms in total. The summed E-state index contributed by atoms with van der Waals surface area (Å²) in [5, 5.41) is 4.42. The Labute approximate surface area is 83.7 Å². The highest BCUT2D eigenvalue weighted by atomic mass is 32.2. The van der Waals surface area contributed by atoms with Crippen LogP contribution in [0, 0.1) is 0 Å². The van der Waals surface area contributed by atoms with Gasteiger partial charge < -0.3 is 0 Å². The zero-order valence-corrected chi connectivity index (χ0v) is 9.05. The molecule has 1 fully saturated rings. The van der Waals surface area contributed by atoms with Crippen molar-refractivity contribution in [2.75, 3.05) is 11.5 Å². The van der Waals surface area contributed by atoms with Gasteiger partial charge in [0.25, 0.3) is 0 Å². The summed E-state index contributed by atoms with van der Waals surface area (Å²) in [5.74, 6) is 3.13. The van der Waals surface area contributed by atoms with Crippen molar-refractivity contribution >= 4 is 11.8 Å². The van der Waals surface area contributed by atoms with Gasteiger partial charge >= 0.3 is 0 Å². The molecular formula is C10H16N2S. The second-order valence-electron chi connectivity index (χ2n) is 3.93. The highest BCUT2D eigenvalue weighted by molar-refractivity contribution is 7.99. The first-order valence-corrected chi connectivity index (χ1v) is 6.04. The summed E-state index contributed by atoms with van der Waals surface area (Å²) in [6, 6.07) is 0.650. The number of rotatable bonds is 2. The molecule has 72 valence electrons. The van der Waals surface area contributed by atoms with E-state index in [1.165, 1.54) is 23.5 Å². The second kappa shape index (κ2) is 3.74. The van der Waals surface area contributed by atoms with Gasteiger partial charge in [0.05, 0.1) is 12.2 Å². The topological polar surface area (TPSA) is 17.8 Å². The van der Waals surface area contributed by atoms with E-state index in [0.29, 0.717) is 12.0 Å². The maximum absolute atomic E-state index is 4.42. The van der Waals surface area contributed by atoms with Crippen LogP contribution in [0.15, 0.2) is 12.4 Å². The lowest BCUT2D eigenvalue weighted by Gasteiger charge is -2.07. The Bertz CT molecular complexity index is 274. The van der Waals surface area contributed by atoms with Crippen molar-refractivity contribution in [3.8, 4) is 0 Å². The fourth-order valence-corrected chi connectivity index (χ4v) is 2.78. The van der Waals surface area contributed by atoms with E-state index >= 15 is 0 Å². The van der Waals surface area contributed by atoms with Gasteiger partial charge in [0.2, 0.25) is 0 Å². The maximum atomic E-state index is 4.42. The van der Waals surface area contributed by atoms with Gasteiger partial charge in [0.15, 0.2) is 0 Å². The van der Waals surface area contributed by atoms with Crippen molar-refractivity contribution < 1.29 is 0 Å². The number of aromatic nitrogens is 2. The van der Waals surface area contributed by atoms with E-state index in [-0.39, 0.29) is 0 Å². The Hall–Kier alpha value is -0.440. The van der Waals surface area contributed by atoms with Gasteiger partial charge in [0.1, 0.15) is 0 Å². The number of nitrogens with zero attached hydrogens (tertiary/aromatic N) is 2. The van der Waals surface area contributed by atoms with Gasteiger partial charge in [-0.1, -0.05) is 13.8 Å². The molecule has 3 heteroatoms. The molecule has 1 aromatic heterocycles. The molecular weight excluding hydrogens is 180 g/mol. The first-order chi connectivity index (χ1) is 6.27. The summed E-state index contributed by atoms with van der Waals surface area (Å²) in [6.07, 6.45) is 5.50. The number of hydrogen-bond acceptors (Lipinski definition) is 2. The predicted octanol–water partition coefficient (Wildman–Crippen LogP) is 2.68. The molecule has 1 unspecified atom stereocenters. The minimum absolute atomic E-state index is 0.600. The highest BCUT2D eigenvalue weighted by Crippen LogP contribution is 2.28. The lowest BCUT2D eigenvalue weighted by Crippen LogP contribution is -2.07. The van der Waals surface area contributed by atoms with Crippen LogP contribution in [0.25, 0.3) is 0 Å². The van der Waals surface area contributed by atoms with Gasteiger partial charge in [0, 0.05) is 11.9 Å². The van der Waals surface area contributed by atoms with Gasteiger partial charge in [-0.15, -0.1) is 0 Å². The quantitative estimate of drug-likeness (QED) is 0.723. The van der Waals surface area contributed by atoms with Crippen molar-refractivity contribution in [3.63, 3.8) is 0 Å². The van der Waals surface area contributed by atoms with Crippen LogP contribution < -0.4 is 0 Å². The summed E-state index contributed by atoms with van der Waals surface area (Å²) in [4.78, 5) is 0. The maximum Gasteiger partial charge on any atom is 0.0617 e. The van der Waals surface area contributed by atoms with Gasteiger partial charge in [-0.25, -0.2) is 0 Å². The average molecular weight is 196 g/mol. The molecule has 1 saturated heterocycles. The minimum atomic E-state index is 0.600. The summed E-state index contributed by atoms with van der Waals surface area (Å²) < 4.78 is 2.15. The Morgan fingerprint density at radius 3 is 3.00 bits per heavy atom. The van der Waals surface area contributed by atoms with E-state index in [4.69, 9.17) is 0 Å². The lowest BCUT2D eigenvalue weighted by molar-refractivity contribution is 0.501. The Balaban J connectivity index is 2.12. The molecule has 0 radical (unpaired) electrons. The summed E-state index contributed by atoms with van der Waals surface area (Å²) in [6.45, 7) is 4.43. The van der Waals surface area contributed by atoms with Crippen molar-refractivity contribution in [3.05, 3.63) is 18.0 Å². The Morgan fingerprint density at radius 2 is 2.46 bits per heavy atom.